The molecule has 18 heavy (non-hydrogen) atoms. The monoisotopic (exact) mass is 249 g/mol. The summed E-state index contributed by atoms with van der Waals surface area (Å²) in [5.74, 6) is -0.0894. The van der Waals surface area contributed by atoms with Crippen molar-refractivity contribution in [1.82, 2.24) is 0 Å². The predicted molar refractivity (Wildman–Crippen MR) is 67.0 cm³/mol. The molecule has 0 bridgehead atoms. The lowest BCUT2D eigenvalue weighted by atomic mass is 10.1. The number of anilines is 1. The van der Waals surface area contributed by atoms with Gasteiger partial charge in [0.15, 0.2) is 5.78 Å². The molecule has 96 valence electrons. The average Bonchev–Trinajstić information content (AvgIpc) is 3.15. The van der Waals surface area contributed by atoms with E-state index in [1.54, 1.807) is 19.9 Å². The third-order valence-electron chi connectivity index (χ3n) is 3.27. The van der Waals surface area contributed by atoms with E-state index in [4.69, 9.17) is 0 Å². The van der Waals surface area contributed by atoms with Crippen LogP contribution in [0.4, 0.5) is 10.1 Å². The van der Waals surface area contributed by atoms with Gasteiger partial charge in [-0.3, -0.25) is 9.59 Å². The van der Waals surface area contributed by atoms with Crippen molar-refractivity contribution in [2.24, 2.45) is 5.92 Å². The van der Waals surface area contributed by atoms with Crippen LogP contribution in [0, 0.1) is 25.6 Å². The van der Waals surface area contributed by atoms with E-state index < -0.39 is 0 Å². The zero-order chi connectivity index (χ0) is 13.3. The van der Waals surface area contributed by atoms with Gasteiger partial charge in [0.25, 0.3) is 0 Å². The van der Waals surface area contributed by atoms with E-state index in [0.717, 1.165) is 12.8 Å². The maximum atomic E-state index is 13.4. The minimum Gasteiger partial charge on any atom is -0.307 e. The van der Waals surface area contributed by atoms with Crippen LogP contribution in [0.15, 0.2) is 12.1 Å². The number of nitrogens with zero attached hydrogens (tertiary/aromatic N) is 1. The summed E-state index contributed by atoms with van der Waals surface area (Å²) in [5, 5.41) is 0. The second-order valence-corrected chi connectivity index (χ2v) is 4.86. The molecule has 0 atom stereocenters. The number of hydrogen-bond acceptors (Lipinski definition) is 2. The summed E-state index contributed by atoms with van der Waals surface area (Å²) in [7, 11) is 0. The van der Waals surface area contributed by atoms with Crippen molar-refractivity contribution in [3.63, 3.8) is 0 Å². The summed E-state index contributed by atoms with van der Waals surface area (Å²) >= 11 is 0. The normalized spacial score (nSPS) is 14.4. The fourth-order valence-electron chi connectivity index (χ4n) is 1.96. The minimum atomic E-state index is -0.296. The number of rotatable bonds is 5. The van der Waals surface area contributed by atoms with E-state index in [-0.39, 0.29) is 24.1 Å². The number of amides is 1. The highest BCUT2D eigenvalue weighted by Gasteiger charge is 2.30. The smallest absolute Gasteiger partial charge is 0.214 e. The molecule has 1 aliphatic rings. The molecule has 2 rings (SSSR count). The molecule has 0 unspecified atom stereocenters. The van der Waals surface area contributed by atoms with Gasteiger partial charge in [-0.15, -0.1) is 0 Å². The van der Waals surface area contributed by atoms with Crippen LogP contribution >= 0.6 is 0 Å². The number of carbonyl (C=O) groups excluding carboxylic acids is 2. The zero-order valence-electron chi connectivity index (χ0n) is 10.6. The number of ketones is 1. The van der Waals surface area contributed by atoms with Crippen molar-refractivity contribution in [1.29, 1.82) is 0 Å². The number of hydrogen-bond donors (Lipinski definition) is 0. The molecule has 0 radical (unpaired) electrons. The summed E-state index contributed by atoms with van der Waals surface area (Å²) in [6.45, 7) is 3.46. The number of Topliss-reactive ketones (excluding diaryl/α,β-unsaturated/α-hetero) is 1. The van der Waals surface area contributed by atoms with Gasteiger partial charge in [0.1, 0.15) is 5.82 Å². The van der Waals surface area contributed by atoms with Gasteiger partial charge in [-0.1, -0.05) is 0 Å². The first-order chi connectivity index (χ1) is 8.52. The molecule has 0 saturated heterocycles. The Morgan fingerprint density at radius 2 is 2.06 bits per heavy atom. The lowest BCUT2D eigenvalue weighted by Gasteiger charge is -2.19. The van der Waals surface area contributed by atoms with Gasteiger partial charge in [-0.05, 0) is 49.9 Å². The third-order valence-corrected chi connectivity index (χ3v) is 3.27. The van der Waals surface area contributed by atoms with Crippen molar-refractivity contribution in [3.8, 4) is 0 Å². The molecule has 0 aliphatic heterocycles. The number of carbonyl (C=O) groups is 2. The third kappa shape index (κ3) is 2.58. The van der Waals surface area contributed by atoms with Gasteiger partial charge in [-0.25, -0.2) is 4.39 Å². The Bertz CT molecular complexity index is 495. The summed E-state index contributed by atoms with van der Waals surface area (Å²) in [6, 6.07) is 3.00. The van der Waals surface area contributed by atoms with E-state index in [1.165, 1.54) is 11.0 Å². The lowest BCUT2D eigenvalue weighted by molar-refractivity contribution is -0.120. The highest BCUT2D eigenvalue weighted by molar-refractivity contribution is 5.93. The van der Waals surface area contributed by atoms with Crippen LogP contribution in [0.5, 0.6) is 0 Å². The van der Waals surface area contributed by atoms with E-state index in [9.17, 15) is 14.0 Å². The molecule has 0 heterocycles. The van der Waals surface area contributed by atoms with E-state index in [2.05, 4.69) is 0 Å². The summed E-state index contributed by atoms with van der Waals surface area (Å²) in [5.41, 5.74) is 1.74. The van der Waals surface area contributed by atoms with Crippen molar-refractivity contribution >= 4 is 17.9 Å². The van der Waals surface area contributed by atoms with Gasteiger partial charge < -0.3 is 4.90 Å². The topological polar surface area (TPSA) is 37.4 Å². The molecule has 0 N–H and O–H groups in total. The molecule has 1 fully saturated rings. The van der Waals surface area contributed by atoms with Crippen LogP contribution in [0.2, 0.25) is 0 Å². The second kappa shape index (κ2) is 4.88. The highest BCUT2D eigenvalue weighted by Crippen LogP contribution is 2.31. The summed E-state index contributed by atoms with van der Waals surface area (Å²) < 4.78 is 13.4. The molecule has 1 aromatic carbocycles. The SMILES string of the molecule is Cc1cc(N(C=O)CC(=O)C2CC2)c(C)cc1F. The summed E-state index contributed by atoms with van der Waals surface area (Å²) in [6.07, 6.45) is 2.49. The van der Waals surface area contributed by atoms with Crippen LogP contribution < -0.4 is 4.90 Å². The Hall–Kier alpha value is -1.71. The molecule has 0 spiro atoms. The van der Waals surface area contributed by atoms with Crippen molar-refractivity contribution in [3.05, 3.63) is 29.1 Å². The molecule has 0 aromatic heterocycles. The first-order valence-electron chi connectivity index (χ1n) is 6.04. The van der Waals surface area contributed by atoms with Crippen LogP contribution in [-0.4, -0.2) is 18.7 Å². The Balaban J connectivity index is 2.23. The lowest BCUT2D eigenvalue weighted by Crippen LogP contribution is -2.30. The fourth-order valence-corrected chi connectivity index (χ4v) is 1.96. The predicted octanol–water partition coefficient (Wildman–Crippen LogP) is 2.38. The largest absolute Gasteiger partial charge is 0.307 e. The first-order valence-corrected chi connectivity index (χ1v) is 6.04. The summed E-state index contributed by atoms with van der Waals surface area (Å²) in [4.78, 5) is 24.2. The second-order valence-electron chi connectivity index (χ2n) is 4.86. The molecule has 1 amide bonds. The Morgan fingerprint density at radius 1 is 1.39 bits per heavy atom. The Morgan fingerprint density at radius 3 is 2.61 bits per heavy atom. The van der Waals surface area contributed by atoms with E-state index in [0.29, 0.717) is 23.2 Å². The van der Waals surface area contributed by atoms with Gasteiger partial charge in [-0.2, -0.15) is 0 Å². The van der Waals surface area contributed by atoms with Gasteiger partial charge in [0.2, 0.25) is 6.41 Å². The molecular formula is C14H16FNO2. The Kier molecular flexibility index (Phi) is 3.45. The maximum Gasteiger partial charge on any atom is 0.214 e. The van der Waals surface area contributed by atoms with Gasteiger partial charge in [0.05, 0.1) is 6.54 Å². The average molecular weight is 249 g/mol. The molecule has 1 aliphatic carbocycles. The van der Waals surface area contributed by atoms with Gasteiger partial charge in [0, 0.05) is 11.6 Å². The van der Waals surface area contributed by atoms with Crippen LogP contribution in [0.1, 0.15) is 24.0 Å². The van der Waals surface area contributed by atoms with E-state index in [1.807, 2.05) is 0 Å². The first kappa shape index (κ1) is 12.7. The highest BCUT2D eigenvalue weighted by atomic mass is 19.1. The zero-order valence-corrected chi connectivity index (χ0v) is 10.6. The Labute approximate surface area is 106 Å². The molecule has 1 saturated carbocycles. The minimum absolute atomic E-state index is 0.0834. The quantitative estimate of drug-likeness (QED) is 0.751. The molecule has 3 nitrogen and oxygen atoms in total. The van der Waals surface area contributed by atoms with Crippen molar-refractivity contribution in [2.45, 2.75) is 26.7 Å². The fraction of sp³-hybridized carbons (Fsp3) is 0.429. The van der Waals surface area contributed by atoms with Crippen LogP contribution in [0.25, 0.3) is 0 Å². The molecule has 1 aromatic rings. The number of benzene rings is 1. The van der Waals surface area contributed by atoms with Crippen molar-refractivity contribution in [2.75, 3.05) is 11.4 Å². The standard InChI is InChI=1S/C14H16FNO2/c1-9-6-13(10(2)5-12(9)15)16(8-17)7-14(18)11-3-4-11/h5-6,8,11H,3-4,7H2,1-2H3. The van der Waals surface area contributed by atoms with Crippen molar-refractivity contribution < 1.29 is 14.0 Å². The number of aryl methyl sites for hydroxylation is 2. The van der Waals surface area contributed by atoms with E-state index >= 15 is 0 Å². The van der Waals surface area contributed by atoms with Crippen LogP contribution in [0.3, 0.4) is 0 Å². The van der Waals surface area contributed by atoms with Crippen LogP contribution in [-0.2, 0) is 9.59 Å². The van der Waals surface area contributed by atoms with Gasteiger partial charge >= 0.3 is 0 Å². The maximum absolute atomic E-state index is 13.4. The molecular weight excluding hydrogens is 233 g/mol. The number of halogens is 1. The molecule has 4 heteroatoms.